The molecule has 2 unspecified atom stereocenters. The van der Waals surface area contributed by atoms with Gasteiger partial charge in [-0.15, -0.1) is 0 Å². The molecule has 5 heteroatoms. The van der Waals surface area contributed by atoms with Crippen LogP contribution >= 0.6 is 0 Å². The lowest BCUT2D eigenvalue weighted by molar-refractivity contribution is -0.173. The van der Waals surface area contributed by atoms with Crippen molar-refractivity contribution in [3.8, 4) is 0 Å². The van der Waals surface area contributed by atoms with E-state index in [1.165, 1.54) is 0 Å². The first-order valence-corrected chi connectivity index (χ1v) is 7.72. The summed E-state index contributed by atoms with van der Waals surface area (Å²) in [5.74, 6) is -0.00153. The molecular formula is C17H16N2O3. The number of H-pyrrole nitrogens is 1. The predicted molar refractivity (Wildman–Crippen MR) is 79.1 cm³/mol. The lowest BCUT2D eigenvalue weighted by atomic mass is 9.67. The lowest BCUT2D eigenvalue weighted by Gasteiger charge is -2.51. The zero-order valence-corrected chi connectivity index (χ0v) is 12.0. The van der Waals surface area contributed by atoms with Crippen LogP contribution in [0.4, 0.5) is 0 Å². The van der Waals surface area contributed by atoms with Crippen LogP contribution < -0.4 is 0 Å². The number of aromatic nitrogens is 1. The number of rotatable bonds is 0. The monoisotopic (exact) mass is 296 g/mol. The average Bonchev–Trinajstić information content (AvgIpc) is 2.83. The molecule has 1 amide bonds. The molecule has 1 aromatic heterocycles. The van der Waals surface area contributed by atoms with Gasteiger partial charge in [0, 0.05) is 23.9 Å². The van der Waals surface area contributed by atoms with Gasteiger partial charge in [0.2, 0.25) is 5.91 Å². The number of para-hydroxylation sites is 1. The van der Waals surface area contributed by atoms with Gasteiger partial charge in [-0.05, 0) is 24.0 Å². The number of hydrogen-bond donors (Lipinski definition) is 2. The molecule has 3 fully saturated rings. The zero-order valence-electron chi connectivity index (χ0n) is 12.0. The van der Waals surface area contributed by atoms with E-state index in [9.17, 15) is 14.7 Å². The molecule has 22 heavy (non-hydrogen) atoms. The molecule has 4 heterocycles. The largest absolute Gasteiger partial charge is 0.381 e. The highest BCUT2D eigenvalue weighted by Gasteiger charge is 2.59. The second kappa shape index (κ2) is 3.79. The Kier molecular flexibility index (Phi) is 2.14. The number of nitrogens with one attached hydrogen (secondary N) is 1. The summed E-state index contributed by atoms with van der Waals surface area (Å²) < 4.78 is 0. The predicted octanol–water partition coefficient (Wildman–Crippen LogP) is 1.10. The summed E-state index contributed by atoms with van der Waals surface area (Å²) in [4.78, 5) is 30.0. The van der Waals surface area contributed by atoms with Gasteiger partial charge in [-0.1, -0.05) is 18.2 Å². The molecule has 112 valence electrons. The maximum atomic E-state index is 12.7. The maximum Gasteiger partial charge on any atom is 0.227 e. The third kappa shape index (κ3) is 1.33. The average molecular weight is 296 g/mol. The van der Waals surface area contributed by atoms with E-state index >= 15 is 0 Å². The maximum absolute atomic E-state index is 12.7. The first kappa shape index (κ1) is 12.4. The fourth-order valence-corrected chi connectivity index (χ4v) is 4.72. The van der Waals surface area contributed by atoms with Gasteiger partial charge in [-0.3, -0.25) is 9.59 Å². The first-order chi connectivity index (χ1) is 10.6. The van der Waals surface area contributed by atoms with Gasteiger partial charge >= 0.3 is 0 Å². The molecule has 1 aromatic carbocycles. The number of aromatic amines is 1. The van der Waals surface area contributed by atoms with Crippen LogP contribution in [0.1, 0.15) is 24.1 Å². The molecule has 4 aliphatic rings. The third-order valence-corrected chi connectivity index (χ3v) is 5.51. The van der Waals surface area contributed by atoms with Crippen LogP contribution in [0.5, 0.6) is 0 Å². The Hall–Kier alpha value is -2.14. The number of carbonyl (C=O) groups excluding carboxylic acids is 2. The fourth-order valence-electron chi connectivity index (χ4n) is 4.72. The van der Waals surface area contributed by atoms with Crippen LogP contribution in [-0.2, 0) is 21.6 Å². The van der Waals surface area contributed by atoms with Gasteiger partial charge < -0.3 is 15.0 Å². The Bertz CT molecular complexity index is 840. The highest BCUT2D eigenvalue weighted by molar-refractivity contribution is 5.97. The second-order valence-electron chi connectivity index (χ2n) is 6.81. The van der Waals surface area contributed by atoms with Crippen molar-refractivity contribution in [3.63, 3.8) is 0 Å². The van der Waals surface area contributed by atoms with Crippen molar-refractivity contribution in [2.45, 2.75) is 30.9 Å². The van der Waals surface area contributed by atoms with Crippen molar-refractivity contribution in [1.82, 2.24) is 9.88 Å². The molecule has 2 N–H and O–H groups in total. The van der Waals surface area contributed by atoms with Gasteiger partial charge in [-0.2, -0.15) is 0 Å². The van der Waals surface area contributed by atoms with Crippen molar-refractivity contribution in [3.05, 3.63) is 35.5 Å². The van der Waals surface area contributed by atoms with Crippen molar-refractivity contribution in [2.24, 2.45) is 5.92 Å². The zero-order chi connectivity index (χ0) is 15.1. The van der Waals surface area contributed by atoms with Crippen LogP contribution in [0, 0.1) is 5.92 Å². The van der Waals surface area contributed by atoms with Crippen molar-refractivity contribution < 1.29 is 14.7 Å². The molecule has 3 atom stereocenters. The van der Waals surface area contributed by atoms with Gasteiger partial charge in [0.25, 0.3) is 0 Å². The Balaban J connectivity index is 1.84. The summed E-state index contributed by atoms with van der Waals surface area (Å²) in [5.41, 5.74) is 1.17. The molecular weight excluding hydrogens is 280 g/mol. The Labute approximate surface area is 126 Å². The third-order valence-electron chi connectivity index (χ3n) is 5.51. The van der Waals surface area contributed by atoms with E-state index in [-0.39, 0.29) is 24.0 Å². The van der Waals surface area contributed by atoms with Gasteiger partial charge in [0.1, 0.15) is 11.6 Å². The molecule has 0 radical (unpaired) electrons. The number of aliphatic hydroxyl groups is 1. The molecule has 6 rings (SSSR count). The number of hydrogen-bond acceptors (Lipinski definition) is 3. The summed E-state index contributed by atoms with van der Waals surface area (Å²) in [5, 5.41) is 12.3. The number of ketones is 1. The summed E-state index contributed by atoms with van der Waals surface area (Å²) >= 11 is 0. The van der Waals surface area contributed by atoms with Gasteiger partial charge in [-0.25, -0.2) is 0 Å². The molecule has 4 bridgehead atoms. The van der Waals surface area contributed by atoms with Gasteiger partial charge in [0.05, 0.1) is 12.1 Å². The standard InChI is InChI=1S/C17H16N2O3/c20-13-5-9-7-17(22)15-11(6-14(21)19(8-9)16(13)17)10-3-1-2-4-12(10)18-15/h1-4,9,16,18,22H,5-8H2/t9?,16-,17?/m0/s1. The summed E-state index contributed by atoms with van der Waals surface area (Å²) in [6, 6.07) is 7.04. The Morgan fingerprint density at radius 2 is 2.09 bits per heavy atom. The number of carbonyl (C=O) groups is 2. The molecule has 0 spiro atoms. The minimum absolute atomic E-state index is 0.00939. The number of nitrogens with zero attached hydrogens (tertiary/aromatic N) is 1. The van der Waals surface area contributed by atoms with Crippen molar-refractivity contribution in [1.29, 1.82) is 0 Å². The summed E-state index contributed by atoms with van der Waals surface area (Å²) in [7, 11) is 0. The van der Waals surface area contributed by atoms with E-state index in [0.717, 1.165) is 16.5 Å². The van der Waals surface area contributed by atoms with E-state index in [0.29, 0.717) is 25.1 Å². The van der Waals surface area contributed by atoms with E-state index in [4.69, 9.17) is 0 Å². The number of Topliss-reactive ketones (excluding diaryl/α,β-unsaturated/α-hetero) is 1. The molecule has 2 aromatic rings. The summed E-state index contributed by atoms with van der Waals surface area (Å²) in [6.07, 6.45) is 1.28. The number of fused-ring (bicyclic) bond motifs is 4. The highest BCUT2D eigenvalue weighted by Crippen LogP contribution is 2.49. The number of benzene rings is 1. The molecule has 3 aliphatic heterocycles. The second-order valence-corrected chi connectivity index (χ2v) is 6.81. The number of piperidine rings is 2. The van der Waals surface area contributed by atoms with Gasteiger partial charge in [0.15, 0.2) is 5.78 Å². The van der Waals surface area contributed by atoms with Crippen LogP contribution in [0.2, 0.25) is 0 Å². The molecule has 1 saturated carbocycles. The van der Waals surface area contributed by atoms with Crippen molar-refractivity contribution >= 4 is 22.6 Å². The Morgan fingerprint density at radius 1 is 1.27 bits per heavy atom. The van der Waals surface area contributed by atoms with E-state index < -0.39 is 11.6 Å². The Morgan fingerprint density at radius 3 is 2.91 bits per heavy atom. The van der Waals surface area contributed by atoms with Crippen molar-refractivity contribution in [2.75, 3.05) is 6.54 Å². The van der Waals surface area contributed by atoms with E-state index in [1.54, 1.807) is 4.90 Å². The minimum atomic E-state index is -1.27. The SMILES string of the molecule is O=C1CC2CN3C(=O)Cc4c([nH]c5ccccc45)C(O)(C2)[C@H]13. The van der Waals surface area contributed by atoms with Crippen LogP contribution in [0.15, 0.2) is 24.3 Å². The van der Waals surface area contributed by atoms with Crippen LogP contribution in [-0.4, -0.2) is 39.3 Å². The topological polar surface area (TPSA) is 73.4 Å². The lowest BCUT2D eigenvalue weighted by Crippen LogP contribution is -2.66. The first-order valence-electron chi connectivity index (χ1n) is 7.72. The molecule has 1 aliphatic carbocycles. The highest BCUT2D eigenvalue weighted by atomic mass is 16.3. The van der Waals surface area contributed by atoms with E-state index in [2.05, 4.69) is 4.98 Å². The number of amides is 1. The minimum Gasteiger partial charge on any atom is -0.381 e. The van der Waals surface area contributed by atoms with Crippen LogP contribution in [0.3, 0.4) is 0 Å². The molecule has 5 nitrogen and oxygen atoms in total. The smallest absolute Gasteiger partial charge is 0.227 e. The summed E-state index contributed by atoms with van der Waals surface area (Å²) in [6.45, 7) is 0.597. The quantitative estimate of drug-likeness (QED) is 0.764. The van der Waals surface area contributed by atoms with E-state index in [1.807, 2.05) is 24.3 Å². The molecule has 2 saturated heterocycles. The normalized spacial score (nSPS) is 33.2. The van der Waals surface area contributed by atoms with Crippen LogP contribution in [0.25, 0.3) is 10.9 Å². The fraction of sp³-hybridized carbons (Fsp3) is 0.412.